The maximum Gasteiger partial charge on any atom is 0.0758 e. The molecule has 0 saturated carbocycles. The van der Waals surface area contributed by atoms with Gasteiger partial charge in [-0.05, 0) is 38.1 Å². The summed E-state index contributed by atoms with van der Waals surface area (Å²) in [5, 5.41) is 9.07. The van der Waals surface area contributed by atoms with E-state index in [4.69, 9.17) is 4.98 Å². The first-order chi connectivity index (χ1) is 10.3. The number of aryl methyl sites for hydroxylation is 1. The molecule has 0 amide bonds. The number of nitrogens with one attached hydrogen (secondary N) is 1. The molecule has 0 bridgehead atoms. The summed E-state index contributed by atoms with van der Waals surface area (Å²) in [5.41, 5.74) is 4.16. The quantitative estimate of drug-likeness (QED) is 0.730. The van der Waals surface area contributed by atoms with Crippen LogP contribution in [0.3, 0.4) is 0 Å². The number of hydrogen-bond acceptors (Lipinski definition) is 3. The van der Waals surface area contributed by atoms with Crippen LogP contribution in [0.25, 0.3) is 16.6 Å². The smallest absolute Gasteiger partial charge is 0.0758 e. The normalized spacial score (nSPS) is 11.1. The van der Waals surface area contributed by atoms with Gasteiger partial charge in [-0.1, -0.05) is 25.1 Å². The lowest BCUT2D eigenvalue weighted by atomic mass is 10.1. The molecule has 0 radical (unpaired) electrons. The SMILES string of the molecule is CCCNCc1cc(-n2ccc(C)n2)c2ccccc2n1. The van der Waals surface area contributed by atoms with Crippen LogP contribution >= 0.6 is 0 Å². The molecule has 0 spiro atoms. The van der Waals surface area contributed by atoms with Crippen LogP contribution in [0.5, 0.6) is 0 Å². The van der Waals surface area contributed by atoms with Crippen LogP contribution in [0, 0.1) is 6.92 Å². The highest BCUT2D eigenvalue weighted by Crippen LogP contribution is 2.21. The monoisotopic (exact) mass is 280 g/mol. The molecular weight excluding hydrogens is 260 g/mol. The Kier molecular flexibility index (Phi) is 3.97. The minimum absolute atomic E-state index is 0.784. The van der Waals surface area contributed by atoms with Crippen molar-refractivity contribution in [3.8, 4) is 5.69 Å². The second-order valence-corrected chi connectivity index (χ2v) is 5.23. The van der Waals surface area contributed by atoms with Crippen LogP contribution in [-0.4, -0.2) is 21.3 Å². The molecule has 0 aliphatic heterocycles. The Hall–Kier alpha value is -2.20. The summed E-state index contributed by atoms with van der Waals surface area (Å²) < 4.78 is 1.93. The molecule has 1 aromatic carbocycles. The number of pyridine rings is 1. The number of aromatic nitrogens is 3. The molecule has 0 unspecified atom stereocenters. The van der Waals surface area contributed by atoms with Gasteiger partial charge in [-0.15, -0.1) is 0 Å². The first kappa shape index (κ1) is 13.8. The average Bonchev–Trinajstić information content (AvgIpc) is 2.93. The van der Waals surface area contributed by atoms with Crippen LogP contribution < -0.4 is 5.32 Å². The first-order valence-electron chi connectivity index (χ1n) is 7.40. The maximum atomic E-state index is 4.74. The maximum absolute atomic E-state index is 4.74. The molecule has 108 valence electrons. The molecule has 0 fully saturated rings. The summed E-state index contributed by atoms with van der Waals surface area (Å²) in [6.45, 7) is 5.96. The summed E-state index contributed by atoms with van der Waals surface area (Å²) in [5.74, 6) is 0. The number of hydrogen-bond donors (Lipinski definition) is 1. The van der Waals surface area contributed by atoms with Gasteiger partial charge in [0.2, 0.25) is 0 Å². The Bertz CT molecular complexity index is 745. The van der Waals surface area contributed by atoms with E-state index in [9.17, 15) is 0 Å². The second kappa shape index (κ2) is 6.06. The fourth-order valence-corrected chi connectivity index (χ4v) is 2.43. The van der Waals surface area contributed by atoms with E-state index in [1.54, 1.807) is 0 Å². The van der Waals surface area contributed by atoms with Gasteiger partial charge >= 0.3 is 0 Å². The molecule has 0 aliphatic rings. The third-order valence-corrected chi connectivity index (χ3v) is 3.45. The zero-order valence-corrected chi connectivity index (χ0v) is 12.5. The third kappa shape index (κ3) is 2.95. The lowest BCUT2D eigenvalue weighted by molar-refractivity contribution is 0.665. The van der Waals surface area contributed by atoms with Crippen molar-refractivity contribution in [2.45, 2.75) is 26.8 Å². The molecule has 3 aromatic rings. The second-order valence-electron chi connectivity index (χ2n) is 5.23. The van der Waals surface area contributed by atoms with Gasteiger partial charge in [0.1, 0.15) is 0 Å². The van der Waals surface area contributed by atoms with Crippen LogP contribution in [0.15, 0.2) is 42.6 Å². The van der Waals surface area contributed by atoms with E-state index in [0.717, 1.165) is 47.5 Å². The van der Waals surface area contributed by atoms with Gasteiger partial charge in [-0.3, -0.25) is 4.98 Å². The lowest BCUT2D eigenvalue weighted by Gasteiger charge is -2.10. The Morgan fingerprint density at radius 2 is 2.05 bits per heavy atom. The van der Waals surface area contributed by atoms with Gasteiger partial charge in [0, 0.05) is 18.1 Å². The van der Waals surface area contributed by atoms with Crippen molar-refractivity contribution in [3.63, 3.8) is 0 Å². The van der Waals surface area contributed by atoms with Crippen LogP contribution in [0.1, 0.15) is 24.7 Å². The van der Waals surface area contributed by atoms with E-state index in [1.165, 1.54) is 0 Å². The number of nitrogens with zero attached hydrogens (tertiary/aromatic N) is 3. The molecule has 2 heterocycles. The largest absolute Gasteiger partial charge is 0.311 e. The van der Waals surface area contributed by atoms with Crippen molar-refractivity contribution in [2.24, 2.45) is 0 Å². The van der Waals surface area contributed by atoms with E-state index in [1.807, 2.05) is 36.0 Å². The lowest BCUT2D eigenvalue weighted by Crippen LogP contribution is -2.15. The Balaban J connectivity index is 2.07. The average molecular weight is 280 g/mol. The summed E-state index contributed by atoms with van der Waals surface area (Å²) >= 11 is 0. The van der Waals surface area contributed by atoms with E-state index in [2.05, 4.69) is 35.5 Å². The Morgan fingerprint density at radius 3 is 2.81 bits per heavy atom. The number of fused-ring (bicyclic) bond motifs is 1. The Morgan fingerprint density at radius 1 is 1.19 bits per heavy atom. The van der Waals surface area contributed by atoms with Gasteiger partial charge < -0.3 is 5.32 Å². The van der Waals surface area contributed by atoms with Gasteiger partial charge in [0.25, 0.3) is 0 Å². The highest BCUT2D eigenvalue weighted by molar-refractivity contribution is 5.87. The molecule has 0 saturated heterocycles. The summed E-state index contributed by atoms with van der Waals surface area (Å²) in [7, 11) is 0. The van der Waals surface area contributed by atoms with E-state index < -0.39 is 0 Å². The fourth-order valence-electron chi connectivity index (χ4n) is 2.43. The third-order valence-electron chi connectivity index (χ3n) is 3.45. The zero-order chi connectivity index (χ0) is 14.7. The van der Waals surface area contributed by atoms with Gasteiger partial charge in [0.15, 0.2) is 0 Å². The molecule has 3 rings (SSSR count). The van der Waals surface area contributed by atoms with Crippen molar-refractivity contribution < 1.29 is 0 Å². The van der Waals surface area contributed by atoms with Crippen LogP contribution in [-0.2, 0) is 6.54 Å². The topological polar surface area (TPSA) is 42.7 Å². The number of para-hydroxylation sites is 1. The summed E-state index contributed by atoms with van der Waals surface area (Å²) in [4.78, 5) is 4.74. The Labute approximate surface area is 124 Å². The highest BCUT2D eigenvalue weighted by Gasteiger charge is 2.08. The number of rotatable bonds is 5. The van der Waals surface area contributed by atoms with E-state index in [0.29, 0.717) is 0 Å². The van der Waals surface area contributed by atoms with Crippen LogP contribution in [0.2, 0.25) is 0 Å². The van der Waals surface area contributed by atoms with E-state index >= 15 is 0 Å². The molecule has 0 aliphatic carbocycles. The van der Waals surface area contributed by atoms with Gasteiger partial charge in [-0.25, -0.2) is 4.68 Å². The molecule has 4 heteroatoms. The molecule has 0 atom stereocenters. The summed E-state index contributed by atoms with van der Waals surface area (Å²) in [6, 6.07) is 12.4. The predicted molar refractivity (Wildman–Crippen MR) is 85.6 cm³/mol. The van der Waals surface area contributed by atoms with Crippen LogP contribution in [0.4, 0.5) is 0 Å². The van der Waals surface area contributed by atoms with Crippen molar-refractivity contribution in [1.29, 1.82) is 0 Å². The van der Waals surface area contributed by atoms with E-state index in [-0.39, 0.29) is 0 Å². The minimum atomic E-state index is 0.784. The highest BCUT2D eigenvalue weighted by atomic mass is 15.3. The molecular formula is C17H20N4. The van der Waals surface area contributed by atoms with Crippen molar-refractivity contribution in [3.05, 3.63) is 54.0 Å². The van der Waals surface area contributed by atoms with Gasteiger partial charge in [0.05, 0.1) is 22.6 Å². The predicted octanol–water partition coefficient (Wildman–Crippen LogP) is 3.23. The first-order valence-corrected chi connectivity index (χ1v) is 7.40. The fraction of sp³-hybridized carbons (Fsp3) is 0.294. The van der Waals surface area contributed by atoms with Crippen molar-refractivity contribution >= 4 is 10.9 Å². The number of benzene rings is 1. The van der Waals surface area contributed by atoms with Crippen molar-refractivity contribution in [1.82, 2.24) is 20.1 Å². The van der Waals surface area contributed by atoms with Gasteiger partial charge in [-0.2, -0.15) is 5.10 Å². The molecule has 21 heavy (non-hydrogen) atoms. The molecule has 1 N–H and O–H groups in total. The standard InChI is InChI=1S/C17H20N4/c1-3-9-18-12-14-11-17(21-10-8-13(2)20-21)15-6-4-5-7-16(15)19-14/h4-8,10-11,18H,3,9,12H2,1-2H3. The summed E-state index contributed by atoms with van der Waals surface area (Å²) in [6.07, 6.45) is 3.12. The minimum Gasteiger partial charge on any atom is -0.311 e. The molecule has 2 aromatic heterocycles. The molecule has 4 nitrogen and oxygen atoms in total. The zero-order valence-electron chi connectivity index (χ0n) is 12.5. The van der Waals surface area contributed by atoms with Crippen molar-refractivity contribution in [2.75, 3.05) is 6.54 Å².